The molecule has 6 heteroatoms. The van der Waals surface area contributed by atoms with Crippen molar-refractivity contribution in [2.45, 2.75) is 0 Å². The van der Waals surface area contributed by atoms with Crippen molar-refractivity contribution in [1.82, 2.24) is 0 Å². The average Bonchev–Trinajstić information content (AvgIpc) is 2.55. The van der Waals surface area contributed by atoms with E-state index in [1.165, 1.54) is 50.6 Å². The van der Waals surface area contributed by atoms with Gasteiger partial charge in [0.25, 0.3) is 0 Å². The first-order chi connectivity index (χ1) is 11.0. The van der Waals surface area contributed by atoms with Crippen LogP contribution in [0.15, 0.2) is 36.4 Å². The molecule has 0 aliphatic carbocycles. The van der Waals surface area contributed by atoms with Gasteiger partial charge in [0, 0.05) is 6.07 Å². The van der Waals surface area contributed by atoms with Crippen molar-refractivity contribution in [3.8, 4) is 11.5 Å². The first-order valence-electron chi connectivity index (χ1n) is 6.65. The van der Waals surface area contributed by atoms with Crippen molar-refractivity contribution in [3.05, 3.63) is 58.4 Å². The molecule has 0 spiro atoms. The smallest absolute Gasteiger partial charge is 0.188 e. The number of nitrogens with two attached hydrogens (primary N) is 1. The summed E-state index contributed by atoms with van der Waals surface area (Å²) in [5.41, 5.74) is 6.73. The molecule has 0 fully saturated rings. The summed E-state index contributed by atoms with van der Waals surface area (Å²) in [6.07, 6.45) is 2.78. The molecule has 2 N–H and O–H groups in total. The van der Waals surface area contributed by atoms with Crippen LogP contribution in [0, 0.1) is 5.82 Å². The maximum absolute atomic E-state index is 13.6. The Hall–Kier alpha value is -2.53. The highest BCUT2D eigenvalue weighted by molar-refractivity contribution is 6.34. The number of halogens is 2. The van der Waals surface area contributed by atoms with Crippen LogP contribution in [0.1, 0.15) is 15.9 Å². The lowest BCUT2D eigenvalue weighted by Crippen LogP contribution is -2.02. The summed E-state index contributed by atoms with van der Waals surface area (Å²) >= 11 is 5.97. The number of methoxy groups -OCH3 is 2. The minimum absolute atomic E-state index is 0.136. The Morgan fingerprint density at radius 1 is 1.22 bits per heavy atom. The van der Waals surface area contributed by atoms with Crippen LogP contribution in [0.5, 0.6) is 11.5 Å². The third kappa shape index (κ3) is 3.81. The number of carbonyl (C=O) groups excluding carboxylic acids is 1. The van der Waals surface area contributed by atoms with Gasteiger partial charge in [0.15, 0.2) is 17.3 Å². The molecule has 0 unspecified atom stereocenters. The predicted molar refractivity (Wildman–Crippen MR) is 88.7 cm³/mol. The van der Waals surface area contributed by atoms with Crippen molar-refractivity contribution >= 4 is 29.1 Å². The third-order valence-corrected chi connectivity index (χ3v) is 3.52. The molecule has 0 heterocycles. The van der Waals surface area contributed by atoms with Gasteiger partial charge in [-0.3, -0.25) is 4.79 Å². The quantitative estimate of drug-likeness (QED) is 0.510. The van der Waals surface area contributed by atoms with Crippen LogP contribution in [0.4, 0.5) is 10.1 Å². The van der Waals surface area contributed by atoms with E-state index in [0.29, 0.717) is 11.3 Å². The van der Waals surface area contributed by atoms with Gasteiger partial charge in [-0.25, -0.2) is 4.39 Å². The standard InChI is InChI=1S/C17H15ClFNO3/c1-22-11-8-12(17(20)13(18)9-11)15(21)5-3-10-4-6-16(23-2)14(19)7-10/h3-9H,20H2,1-2H3. The summed E-state index contributed by atoms with van der Waals surface area (Å²) in [4.78, 5) is 12.3. The SMILES string of the molecule is COc1cc(Cl)c(N)c(C(=O)C=Cc2ccc(OC)c(F)c2)c1. The zero-order chi connectivity index (χ0) is 17.0. The molecular formula is C17H15ClFNO3. The predicted octanol–water partition coefficient (Wildman–Crippen LogP) is 3.97. The Morgan fingerprint density at radius 2 is 1.96 bits per heavy atom. The van der Waals surface area contributed by atoms with Gasteiger partial charge in [-0.1, -0.05) is 23.7 Å². The van der Waals surface area contributed by atoms with Gasteiger partial charge >= 0.3 is 0 Å². The van der Waals surface area contributed by atoms with Gasteiger partial charge in [0.05, 0.1) is 30.5 Å². The second-order valence-corrected chi connectivity index (χ2v) is 5.07. The molecular weight excluding hydrogens is 321 g/mol. The number of hydrogen-bond donors (Lipinski definition) is 1. The maximum Gasteiger partial charge on any atom is 0.188 e. The number of rotatable bonds is 5. The first-order valence-corrected chi connectivity index (χ1v) is 7.03. The van der Waals surface area contributed by atoms with Crippen molar-refractivity contribution in [2.24, 2.45) is 0 Å². The molecule has 0 aliphatic rings. The van der Waals surface area contributed by atoms with E-state index in [2.05, 4.69) is 0 Å². The highest BCUT2D eigenvalue weighted by Gasteiger charge is 2.12. The summed E-state index contributed by atoms with van der Waals surface area (Å²) in [5, 5.41) is 0.233. The number of anilines is 1. The largest absolute Gasteiger partial charge is 0.497 e. The molecule has 0 amide bonds. The fraction of sp³-hybridized carbons (Fsp3) is 0.118. The molecule has 2 aromatic carbocycles. The second-order valence-electron chi connectivity index (χ2n) is 4.66. The van der Waals surface area contributed by atoms with E-state index in [4.69, 9.17) is 26.8 Å². The van der Waals surface area contributed by atoms with E-state index in [9.17, 15) is 9.18 Å². The molecule has 4 nitrogen and oxygen atoms in total. The lowest BCUT2D eigenvalue weighted by molar-refractivity contribution is 0.104. The molecule has 120 valence electrons. The summed E-state index contributed by atoms with van der Waals surface area (Å²) < 4.78 is 23.5. The number of ketones is 1. The monoisotopic (exact) mass is 335 g/mol. The van der Waals surface area contributed by atoms with Crippen LogP contribution < -0.4 is 15.2 Å². The summed E-state index contributed by atoms with van der Waals surface area (Å²) in [6.45, 7) is 0. The minimum atomic E-state index is -0.508. The van der Waals surface area contributed by atoms with Crippen molar-refractivity contribution in [3.63, 3.8) is 0 Å². The maximum atomic E-state index is 13.6. The fourth-order valence-electron chi connectivity index (χ4n) is 1.96. The summed E-state index contributed by atoms with van der Waals surface area (Å²) in [5.74, 6) is -0.306. The van der Waals surface area contributed by atoms with Crippen LogP contribution in [-0.4, -0.2) is 20.0 Å². The van der Waals surface area contributed by atoms with Crippen LogP contribution in [0.2, 0.25) is 5.02 Å². The molecule has 0 atom stereocenters. The van der Waals surface area contributed by atoms with Crippen LogP contribution in [-0.2, 0) is 0 Å². The second kappa shape index (κ2) is 7.15. The number of carbonyl (C=O) groups is 1. The molecule has 2 rings (SSSR count). The van der Waals surface area contributed by atoms with Crippen molar-refractivity contribution < 1.29 is 18.7 Å². The lowest BCUT2D eigenvalue weighted by atomic mass is 10.1. The fourth-order valence-corrected chi connectivity index (χ4v) is 2.17. The van der Waals surface area contributed by atoms with Crippen LogP contribution >= 0.6 is 11.6 Å². The van der Waals surface area contributed by atoms with Gasteiger partial charge in [0.1, 0.15) is 5.75 Å². The zero-order valence-corrected chi connectivity index (χ0v) is 13.4. The van der Waals surface area contributed by atoms with E-state index in [-0.39, 0.29) is 27.8 Å². The van der Waals surface area contributed by atoms with Gasteiger partial charge in [0.2, 0.25) is 0 Å². The van der Waals surface area contributed by atoms with E-state index < -0.39 is 5.82 Å². The Bertz CT molecular complexity index is 775. The van der Waals surface area contributed by atoms with E-state index in [1.54, 1.807) is 6.07 Å². The van der Waals surface area contributed by atoms with Gasteiger partial charge in [-0.15, -0.1) is 0 Å². The number of allylic oxidation sites excluding steroid dienone is 1. The first kappa shape index (κ1) is 16.8. The molecule has 0 radical (unpaired) electrons. The summed E-state index contributed by atoms with van der Waals surface area (Å²) in [7, 11) is 2.85. The zero-order valence-electron chi connectivity index (χ0n) is 12.6. The normalized spacial score (nSPS) is 10.8. The van der Waals surface area contributed by atoms with Gasteiger partial charge in [-0.2, -0.15) is 0 Å². The highest BCUT2D eigenvalue weighted by atomic mass is 35.5. The number of hydrogen-bond acceptors (Lipinski definition) is 4. The van der Waals surface area contributed by atoms with Gasteiger partial charge < -0.3 is 15.2 Å². The summed E-state index contributed by atoms with van der Waals surface area (Å²) in [6, 6.07) is 7.41. The molecule has 2 aromatic rings. The average molecular weight is 336 g/mol. The third-order valence-electron chi connectivity index (χ3n) is 3.21. The van der Waals surface area contributed by atoms with E-state index in [0.717, 1.165) is 0 Å². The van der Waals surface area contributed by atoms with Crippen LogP contribution in [0.3, 0.4) is 0 Å². The highest BCUT2D eigenvalue weighted by Crippen LogP contribution is 2.29. The van der Waals surface area contributed by atoms with E-state index in [1.807, 2.05) is 0 Å². The Kier molecular flexibility index (Phi) is 5.24. The molecule has 0 aliphatic heterocycles. The number of nitrogen functional groups attached to an aromatic ring is 1. The van der Waals surface area contributed by atoms with Crippen molar-refractivity contribution in [2.75, 3.05) is 20.0 Å². The Balaban J connectivity index is 2.28. The Labute approximate surface area is 138 Å². The van der Waals surface area contributed by atoms with Gasteiger partial charge in [-0.05, 0) is 29.8 Å². The molecule has 23 heavy (non-hydrogen) atoms. The lowest BCUT2D eigenvalue weighted by Gasteiger charge is -2.07. The van der Waals surface area contributed by atoms with E-state index >= 15 is 0 Å². The molecule has 0 saturated carbocycles. The van der Waals surface area contributed by atoms with Crippen LogP contribution in [0.25, 0.3) is 6.08 Å². The topological polar surface area (TPSA) is 61.5 Å². The molecule has 0 saturated heterocycles. The van der Waals surface area contributed by atoms with Crippen molar-refractivity contribution in [1.29, 1.82) is 0 Å². The Morgan fingerprint density at radius 3 is 2.57 bits per heavy atom. The number of benzene rings is 2. The minimum Gasteiger partial charge on any atom is -0.497 e. The molecule has 0 aromatic heterocycles. The molecule has 0 bridgehead atoms. The number of ether oxygens (including phenoxy) is 2.